The molecule has 0 bridgehead atoms. The number of unbranched alkanes of at least 4 members (excludes halogenated alkanes) is 25. The van der Waals surface area contributed by atoms with Gasteiger partial charge in [0.05, 0.1) is 0 Å². The third-order valence-electron chi connectivity index (χ3n) is 9.54. The lowest BCUT2D eigenvalue weighted by atomic mass is 10.0. The van der Waals surface area contributed by atoms with Crippen molar-refractivity contribution in [3.05, 3.63) is 0 Å². The van der Waals surface area contributed by atoms with Crippen LogP contribution in [0.25, 0.3) is 0 Å². The second-order valence-corrected chi connectivity index (χ2v) is 15.1. The van der Waals surface area contributed by atoms with Crippen LogP contribution in [0, 0.1) is 5.92 Å². The maximum absolute atomic E-state index is 12.6. The zero-order valence-electron chi connectivity index (χ0n) is 33.1. The Kier molecular flexibility index (Phi) is 36.4. The monoisotopic (exact) mass is 695 g/mol. The zero-order valence-corrected chi connectivity index (χ0v) is 33.1. The maximum atomic E-state index is 12.6. The second-order valence-electron chi connectivity index (χ2n) is 15.1. The molecule has 0 aliphatic heterocycles. The van der Waals surface area contributed by atoms with Crippen molar-refractivity contribution in [3.8, 4) is 0 Å². The van der Waals surface area contributed by atoms with E-state index in [1.807, 2.05) is 0 Å². The van der Waals surface area contributed by atoms with Gasteiger partial charge in [-0.2, -0.15) is 0 Å². The molecular weight excluding hydrogens is 612 g/mol. The summed E-state index contributed by atoms with van der Waals surface area (Å²) in [5.74, 6) is -0.0471. The van der Waals surface area contributed by atoms with E-state index < -0.39 is 6.10 Å². The van der Waals surface area contributed by atoms with Crippen LogP contribution in [-0.2, 0) is 28.6 Å². The quantitative estimate of drug-likeness (QED) is 0.0364. The molecule has 0 rings (SSSR count). The molecule has 0 spiro atoms. The predicted molar refractivity (Wildman–Crippen MR) is 206 cm³/mol. The van der Waals surface area contributed by atoms with Crippen molar-refractivity contribution >= 4 is 17.9 Å². The number of hydrogen-bond donors (Lipinski definition) is 0. The highest BCUT2D eigenvalue weighted by atomic mass is 16.6. The summed E-state index contributed by atoms with van der Waals surface area (Å²) in [5, 5.41) is 0. The molecule has 0 fully saturated rings. The molecule has 290 valence electrons. The summed E-state index contributed by atoms with van der Waals surface area (Å²) in [6, 6.07) is 0. The molecule has 0 aromatic carbocycles. The van der Waals surface area contributed by atoms with Crippen LogP contribution in [0.15, 0.2) is 0 Å². The summed E-state index contributed by atoms with van der Waals surface area (Å²) in [7, 11) is 0. The van der Waals surface area contributed by atoms with Crippen LogP contribution in [0.4, 0.5) is 0 Å². The smallest absolute Gasteiger partial charge is 0.306 e. The lowest BCUT2D eigenvalue weighted by Crippen LogP contribution is -2.30. The minimum atomic E-state index is -0.757. The molecule has 0 aromatic rings. The molecule has 1 atom stereocenters. The first kappa shape index (κ1) is 47.4. The Bertz CT molecular complexity index is 736. The van der Waals surface area contributed by atoms with Gasteiger partial charge in [-0.25, -0.2) is 0 Å². The van der Waals surface area contributed by atoms with Gasteiger partial charge < -0.3 is 14.2 Å². The summed E-state index contributed by atoms with van der Waals surface area (Å²) in [6.45, 7) is 8.90. The molecule has 0 heterocycles. The van der Waals surface area contributed by atoms with Crippen molar-refractivity contribution in [2.45, 2.75) is 239 Å². The topological polar surface area (TPSA) is 78.9 Å². The van der Waals surface area contributed by atoms with Crippen LogP contribution in [0.3, 0.4) is 0 Å². The molecule has 6 nitrogen and oxygen atoms in total. The normalized spacial score (nSPS) is 11.9. The van der Waals surface area contributed by atoms with E-state index in [9.17, 15) is 14.4 Å². The Hall–Kier alpha value is -1.59. The highest BCUT2D eigenvalue weighted by molar-refractivity contribution is 5.71. The van der Waals surface area contributed by atoms with Gasteiger partial charge >= 0.3 is 17.9 Å². The SMILES string of the molecule is CCCCCCCCCCCCCCC(=O)OC[C@@H](COC(=O)CCCCCCC)OC(=O)CCCCCCCCCCCCCC(C)C. The Morgan fingerprint density at radius 3 is 1.00 bits per heavy atom. The van der Waals surface area contributed by atoms with E-state index in [0.717, 1.165) is 70.1 Å². The fraction of sp³-hybridized carbons (Fsp3) is 0.930. The number of rotatable bonds is 38. The third kappa shape index (κ3) is 37.5. The summed E-state index contributed by atoms with van der Waals surface area (Å²) in [5.41, 5.74) is 0. The van der Waals surface area contributed by atoms with Crippen LogP contribution in [0.1, 0.15) is 233 Å². The Balaban J connectivity index is 4.22. The zero-order chi connectivity index (χ0) is 36.0. The highest BCUT2D eigenvalue weighted by Gasteiger charge is 2.19. The van der Waals surface area contributed by atoms with Gasteiger partial charge in [0, 0.05) is 19.3 Å². The standard InChI is InChI=1S/C43H82O6/c1-5-7-9-11-12-13-14-17-20-23-27-31-35-42(45)48-38-40(37-47-41(44)34-30-25-10-8-6-2)49-43(46)36-32-28-24-21-18-15-16-19-22-26-29-33-39(3)4/h39-40H,5-38H2,1-4H3/t40-/m1/s1. The lowest BCUT2D eigenvalue weighted by Gasteiger charge is -2.18. The van der Waals surface area contributed by atoms with Crippen molar-refractivity contribution in [2.24, 2.45) is 5.92 Å². The van der Waals surface area contributed by atoms with Crippen LogP contribution in [0.2, 0.25) is 0 Å². The van der Waals surface area contributed by atoms with Gasteiger partial charge in [0.25, 0.3) is 0 Å². The Morgan fingerprint density at radius 1 is 0.388 bits per heavy atom. The van der Waals surface area contributed by atoms with Crippen LogP contribution in [0.5, 0.6) is 0 Å². The fourth-order valence-electron chi connectivity index (χ4n) is 6.27. The first-order valence-electron chi connectivity index (χ1n) is 21.4. The third-order valence-corrected chi connectivity index (χ3v) is 9.54. The average Bonchev–Trinajstić information content (AvgIpc) is 3.08. The molecule has 0 radical (unpaired) electrons. The summed E-state index contributed by atoms with van der Waals surface area (Å²) in [6.07, 6.45) is 35.4. The molecule has 0 aromatic heterocycles. The maximum Gasteiger partial charge on any atom is 0.306 e. The average molecular weight is 695 g/mol. The minimum absolute atomic E-state index is 0.0651. The largest absolute Gasteiger partial charge is 0.462 e. The summed E-state index contributed by atoms with van der Waals surface area (Å²) in [4.78, 5) is 37.4. The lowest BCUT2D eigenvalue weighted by molar-refractivity contribution is -0.167. The predicted octanol–water partition coefficient (Wildman–Crippen LogP) is 13.2. The van der Waals surface area contributed by atoms with Crippen LogP contribution >= 0.6 is 0 Å². The van der Waals surface area contributed by atoms with Gasteiger partial charge in [0.15, 0.2) is 6.10 Å². The number of carbonyl (C=O) groups is 3. The van der Waals surface area contributed by atoms with Gasteiger partial charge in [-0.05, 0) is 25.2 Å². The highest BCUT2D eigenvalue weighted by Crippen LogP contribution is 2.16. The number of ether oxygens (including phenoxy) is 3. The first-order valence-corrected chi connectivity index (χ1v) is 21.4. The van der Waals surface area contributed by atoms with Crippen molar-refractivity contribution in [1.82, 2.24) is 0 Å². The van der Waals surface area contributed by atoms with Crippen molar-refractivity contribution < 1.29 is 28.6 Å². The number of carbonyl (C=O) groups excluding carboxylic acids is 3. The van der Waals surface area contributed by atoms with E-state index >= 15 is 0 Å². The van der Waals surface area contributed by atoms with Gasteiger partial charge in [0.1, 0.15) is 13.2 Å². The van der Waals surface area contributed by atoms with E-state index in [0.29, 0.717) is 19.3 Å². The Morgan fingerprint density at radius 2 is 0.673 bits per heavy atom. The van der Waals surface area contributed by atoms with Crippen molar-refractivity contribution in [3.63, 3.8) is 0 Å². The summed E-state index contributed by atoms with van der Waals surface area (Å²) >= 11 is 0. The second kappa shape index (κ2) is 37.7. The molecule has 0 N–H and O–H groups in total. The van der Waals surface area contributed by atoms with Crippen LogP contribution in [-0.4, -0.2) is 37.2 Å². The number of esters is 3. The molecule has 0 amide bonds. The molecule has 0 aliphatic rings. The van der Waals surface area contributed by atoms with Gasteiger partial charge in [-0.1, -0.05) is 195 Å². The molecule has 0 unspecified atom stereocenters. The van der Waals surface area contributed by atoms with Crippen LogP contribution < -0.4 is 0 Å². The fourth-order valence-corrected chi connectivity index (χ4v) is 6.27. The van der Waals surface area contributed by atoms with Crippen molar-refractivity contribution in [2.75, 3.05) is 13.2 Å². The molecule has 6 heteroatoms. The van der Waals surface area contributed by atoms with Gasteiger partial charge in [-0.15, -0.1) is 0 Å². The molecule has 0 saturated carbocycles. The van der Waals surface area contributed by atoms with Gasteiger partial charge in [-0.3, -0.25) is 14.4 Å². The van der Waals surface area contributed by atoms with E-state index in [4.69, 9.17) is 14.2 Å². The number of hydrogen-bond acceptors (Lipinski definition) is 6. The molecule has 49 heavy (non-hydrogen) atoms. The van der Waals surface area contributed by atoms with E-state index in [1.165, 1.54) is 122 Å². The van der Waals surface area contributed by atoms with Gasteiger partial charge in [0.2, 0.25) is 0 Å². The molecular formula is C43H82O6. The van der Waals surface area contributed by atoms with E-state index in [1.54, 1.807) is 0 Å². The Labute approximate surface area is 304 Å². The van der Waals surface area contributed by atoms with E-state index in [2.05, 4.69) is 27.7 Å². The molecule has 0 saturated heterocycles. The first-order chi connectivity index (χ1) is 23.9. The summed E-state index contributed by atoms with van der Waals surface area (Å²) < 4.78 is 16.6. The minimum Gasteiger partial charge on any atom is -0.462 e. The van der Waals surface area contributed by atoms with E-state index in [-0.39, 0.29) is 31.1 Å². The van der Waals surface area contributed by atoms with Crippen molar-refractivity contribution in [1.29, 1.82) is 0 Å². The molecule has 0 aliphatic carbocycles.